The first-order chi connectivity index (χ1) is 11.7. The quantitative estimate of drug-likeness (QED) is 0.422. The van der Waals surface area contributed by atoms with Gasteiger partial charge in [-0.3, -0.25) is 4.79 Å². The highest BCUT2D eigenvalue weighted by Gasteiger charge is 2.69. The van der Waals surface area contributed by atoms with Gasteiger partial charge in [0.05, 0.1) is 0 Å². The number of hydrogen-bond acceptors (Lipinski definition) is 2. The molecule has 0 aliphatic heterocycles. The van der Waals surface area contributed by atoms with Crippen LogP contribution in [-0.2, 0) is 9.53 Å². The fourth-order valence-corrected chi connectivity index (χ4v) is 4.16. The predicted molar refractivity (Wildman–Crippen MR) is 98.8 cm³/mol. The molecule has 0 amide bonds. The highest BCUT2D eigenvalue weighted by atomic mass is 19.4. The molecule has 0 aromatic rings. The zero-order chi connectivity index (χ0) is 20.4. The van der Waals surface area contributed by atoms with Crippen LogP contribution in [0.3, 0.4) is 0 Å². The molecule has 1 atom stereocenters. The summed E-state index contributed by atoms with van der Waals surface area (Å²) in [7, 11) is 0. The number of alkyl halides is 3. The molecule has 1 aliphatic carbocycles. The van der Waals surface area contributed by atoms with Gasteiger partial charge in [-0.1, -0.05) is 54.9 Å². The van der Waals surface area contributed by atoms with Crippen molar-refractivity contribution in [1.82, 2.24) is 0 Å². The van der Waals surface area contributed by atoms with Crippen molar-refractivity contribution in [3.8, 4) is 0 Å². The second-order valence-electron chi connectivity index (χ2n) is 9.47. The molecule has 1 saturated carbocycles. The van der Waals surface area contributed by atoms with Gasteiger partial charge in [-0.2, -0.15) is 13.2 Å². The van der Waals surface area contributed by atoms with Crippen molar-refractivity contribution < 1.29 is 22.7 Å². The summed E-state index contributed by atoms with van der Waals surface area (Å²) in [5.41, 5.74) is -5.09. The van der Waals surface area contributed by atoms with Crippen LogP contribution < -0.4 is 0 Å². The average Bonchev–Trinajstić information content (AvgIpc) is 3.00. The van der Waals surface area contributed by atoms with Gasteiger partial charge in [0.1, 0.15) is 5.60 Å². The van der Waals surface area contributed by atoms with Crippen molar-refractivity contribution in [1.29, 1.82) is 0 Å². The number of rotatable bonds is 8. The lowest BCUT2D eigenvalue weighted by atomic mass is 9.57. The molecule has 26 heavy (non-hydrogen) atoms. The molecule has 0 radical (unpaired) electrons. The van der Waals surface area contributed by atoms with Gasteiger partial charge in [0.2, 0.25) is 0 Å². The van der Waals surface area contributed by atoms with Crippen LogP contribution in [0.4, 0.5) is 13.2 Å². The minimum absolute atomic E-state index is 0.251. The Morgan fingerprint density at radius 3 is 1.81 bits per heavy atom. The first-order valence-corrected chi connectivity index (χ1v) is 10.0. The molecule has 2 nitrogen and oxygen atoms in total. The summed E-state index contributed by atoms with van der Waals surface area (Å²) < 4.78 is 49.5. The fourth-order valence-electron chi connectivity index (χ4n) is 4.16. The summed E-state index contributed by atoms with van der Waals surface area (Å²) in [6.07, 6.45) is -0.411. The minimum atomic E-state index is -4.66. The van der Waals surface area contributed by atoms with Gasteiger partial charge in [0.25, 0.3) is 0 Å². The van der Waals surface area contributed by atoms with Crippen molar-refractivity contribution in [2.75, 3.05) is 0 Å². The molecule has 0 saturated heterocycles. The second-order valence-corrected chi connectivity index (χ2v) is 9.47. The third-order valence-corrected chi connectivity index (χ3v) is 7.04. The van der Waals surface area contributed by atoms with E-state index in [4.69, 9.17) is 4.74 Å². The van der Waals surface area contributed by atoms with Crippen LogP contribution in [0.1, 0.15) is 99.8 Å². The van der Waals surface area contributed by atoms with E-state index in [0.29, 0.717) is 25.7 Å². The molecule has 0 bridgehead atoms. The number of halogens is 3. The molecule has 0 aromatic carbocycles. The Morgan fingerprint density at radius 2 is 1.46 bits per heavy atom. The molecule has 1 fully saturated rings. The van der Waals surface area contributed by atoms with Crippen molar-refractivity contribution in [3.63, 3.8) is 0 Å². The summed E-state index contributed by atoms with van der Waals surface area (Å²) in [6.45, 7) is 12.2. The standard InChI is InChI=1S/C21H37F3O2/c1-8-17(4,5)15-20(21(22,23)24,18(6,7)9-2)16(25)26-19(10-3)13-11-12-14-19/h8-15H2,1-7H3. The van der Waals surface area contributed by atoms with Crippen LogP contribution in [-0.4, -0.2) is 17.7 Å². The van der Waals surface area contributed by atoms with Gasteiger partial charge < -0.3 is 4.74 Å². The van der Waals surface area contributed by atoms with Crippen LogP contribution in [0.2, 0.25) is 0 Å². The topological polar surface area (TPSA) is 26.3 Å². The average molecular weight is 379 g/mol. The molecule has 154 valence electrons. The maximum absolute atomic E-state index is 14.6. The highest BCUT2D eigenvalue weighted by Crippen LogP contribution is 2.60. The summed E-state index contributed by atoms with van der Waals surface area (Å²) >= 11 is 0. The lowest BCUT2D eigenvalue weighted by Gasteiger charge is -2.49. The zero-order valence-electron chi connectivity index (χ0n) is 17.6. The van der Waals surface area contributed by atoms with E-state index in [1.165, 1.54) is 0 Å². The zero-order valence-corrected chi connectivity index (χ0v) is 17.6. The lowest BCUT2D eigenvalue weighted by molar-refractivity contribution is -0.278. The van der Waals surface area contributed by atoms with E-state index >= 15 is 0 Å². The molecule has 1 aliphatic rings. The Balaban J connectivity index is 3.48. The fraction of sp³-hybridized carbons (Fsp3) is 0.952. The second kappa shape index (κ2) is 7.71. The molecule has 0 N–H and O–H groups in total. The van der Waals surface area contributed by atoms with Gasteiger partial charge in [-0.15, -0.1) is 0 Å². The summed E-state index contributed by atoms with van der Waals surface area (Å²) in [5, 5.41) is 0. The molecule has 1 unspecified atom stereocenters. The van der Waals surface area contributed by atoms with E-state index < -0.39 is 34.0 Å². The van der Waals surface area contributed by atoms with E-state index in [-0.39, 0.29) is 12.8 Å². The SMILES string of the molecule is CCC(C)(C)CC(C(=O)OC1(CC)CCCC1)(C(F)(F)F)C(C)(C)CC. The number of hydrogen-bond donors (Lipinski definition) is 0. The Labute approximate surface area is 157 Å². The molecule has 0 spiro atoms. The van der Waals surface area contributed by atoms with E-state index in [0.717, 1.165) is 12.8 Å². The Morgan fingerprint density at radius 1 is 0.962 bits per heavy atom. The third kappa shape index (κ3) is 4.22. The molecule has 1 rings (SSSR count). The highest BCUT2D eigenvalue weighted by molar-refractivity contribution is 5.79. The van der Waals surface area contributed by atoms with Crippen molar-refractivity contribution in [3.05, 3.63) is 0 Å². The third-order valence-electron chi connectivity index (χ3n) is 7.04. The van der Waals surface area contributed by atoms with Gasteiger partial charge in [0, 0.05) is 0 Å². The molecule has 0 heterocycles. The minimum Gasteiger partial charge on any atom is -0.458 e. The molecule has 5 heteroatoms. The summed E-state index contributed by atoms with van der Waals surface area (Å²) in [5.74, 6) is -1.07. The Bertz CT molecular complexity index is 488. The largest absolute Gasteiger partial charge is 0.458 e. The first kappa shape index (κ1) is 23.3. The van der Waals surface area contributed by atoms with E-state index in [1.807, 2.05) is 13.8 Å². The van der Waals surface area contributed by atoms with Crippen molar-refractivity contribution >= 4 is 5.97 Å². The van der Waals surface area contributed by atoms with Gasteiger partial charge >= 0.3 is 12.1 Å². The van der Waals surface area contributed by atoms with E-state index in [9.17, 15) is 18.0 Å². The van der Waals surface area contributed by atoms with Gasteiger partial charge in [-0.05, 0) is 55.8 Å². The lowest BCUT2D eigenvalue weighted by Crippen LogP contribution is -2.58. The normalized spacial score (nSPS) is 20.7. The number of carbonyl (C=O) groups is 1. The number of carbonyl (C=O) groups excluding carboxylic acids is 1. The number of ether oxygens (including phenoxy) is 1. The smallest absolute Gasteiger partial charge is 0.405 e. The van der Waals surface area contributed by atoms with E-state index in [1.54, 1.807) is 34.6 Å². The Kier molecular flexibility index (Phi) is 6.91. The first-order valence-electron chi connectivity index (χ1n) is 10.0. The van der Waals surface area contributed by atoms with Crippen LogP contribution in [0.25, 0.3) is 0 Å². The van der Waals surface area contributed by atoms with Crippen molar-refractivity contribution in [2.45, 2.75) is 112 Å². The molecular formula is C21H37F3O2. The van der Waals surface area contributed by atoms with Crippen LogP contribution in [0.15, 0.2) is 0 Å². The van der Waals surface area contributed by atoms with Crippen LogP contribution >= 0.6 is 0 Å². The van der Waals surface area contributed by atoms with Gasteiger partial charge in [-0.25, -0.2) is 0 Å². The monoisotopic (exact) mass is 378 g/mol. The molecular weight excluding hydrogens is 341 g/mol. The maximum Gasteiger partial charge on any atom is 0.405 e. The van der Waals surface area contributed by atoms with Crippen LogP contribution in [0.5, 0.6) is 0 Å². The maximum atomic E-state index is 14.6. The predicted octanol–water partition coefficient (Wildman–Crippen LogP) is 7.06. The van der Waals surface area contributed by atoms with Gasteiger partial charge in [0.15, 0.2) is 5.41 Å². The van der Waals surface area contributed by atoms with E-state index in [2.05, 4.69) is 0 Å². The molecule has 0 aromatic heterocycles. The van der Waals surface area contributed by atoms with Crippen molar-refractivity contribution in [2.24, 2.45) is 16.2 Å². The van der Waals surface area contributed by atoms with Crippen LogP contribution in [0, 0.1) is 16.2 Å². The Hall–Kier alpha value is -0.740. The summed E-state index contributed by atoms with van der Waals surface area (Å²) in [6, 6.07) is 0. The number of esters is 1. The summed E-state index contributed by atoms with van der Waals surface area (Å²) in [4.78, 5) is 13.3.